The van der Waals surface area contributed by atoms with Gasteiger partial charge in [0.15, 0.2) is 0 Å². The molecule has 2 amide bonds. The number of piperidine rings is 1. The standard InChI is InChI=1S/C29H24Cl2FN3O4/c1-39-27(37)16-7-5-15(6-8-16)14-35-12-11-21-23(26(35)36)24(18-3-2-4-20(31)25(18)32)29(34-21)19-10-9-17(30)13-22(19)33-28(29)38/h2-10,13,21,23-24,34H,11-12,14H2,1H3,(H,33,38)/t21-,23+,24-,29-/m1/s1. The van der Waals surface area contributed by atoms with Crippen molar-refractivity contribution in [1.82, 2.24) is 10.2 Å². The van der Waals surface area contributed by atoms with Gasteiger partial charge in [-0.3, -0.25) is 14.9 Å². The zero-order valence-corrected chi connectivity index (χ0v) is 22.4. The van der Waals surface area contributed by atoms with E-state index in [1.54, 1.807) is 59.5 Å². The molecular weight excluding hydrogens is 544 g/mol. The number of likely N-dealkylation sites (tertiary alicyclic amines) is 1. The summed E-state index contributed by atoms with van der Waals surface area (Å²) >= 11 is 12.4. The number of esters is 1. The zero-order valence-electron chi connectivity index (χ0n) is 20.8. The monoisotopic (exact) mass is 567 g/mol. The number of amides is 2. The lowest BCUT2D eigenvalue weighted by Crippen LogP contribution is -2.50. The van der Waals surface area contributed by atoms with Crippen molar-refractivity contribution >= 4 is 46.7 Å². The Kier molecular flexibility index (Phi) is 6.37. The number of rotatable bonds is 4. The van der Waals surface area contributed by atoms with Crippen LogP contribution in [0.5, 0.6) is 0 Å². The first-order valence-corrected chi connectivity index (χ1v) is 13.3. The summed E-state index contributed by atoms with van der Waals surface area (Å²) in [6.45, 7) is 0.751. The van der Waals surface area contributed by atoms with Crippen molar-refractivity contribution in [2.45, 2.75) is 30.5 Å². The van der Waals surface area contributed by atoms with Gasteiger partial charge in [-0.05, 0) is 47.9 Å². The number of carbonyl (C=O) groups excluding carboxylic acids is 3. The lowest BCUT2D eigenvalue weighted by atomic mass is 9.70. The molecule has 2 fully saturated rings. The summed E-state index contributed by atoms with van der Waals surface area (Å²) in [6.07, 6.45) is 0.563. The number of hydrogen-bond donors (Lipinski definition) is 2. The maximum Gasteiger partial charge on any atom is 0.337 e. The Morgan fingerprint density at radius 3 is 2.64 bits per heavy atom. The van der Waals surface area contributed by atoms with Crippen LogP contribution in [0.25, 0.3) is 0 Å². The summed E-state index contributed by atoms with van der Waals surface area (Å²) in [4.78, 5) is 41.4. The number of carbonyl (C=O) groups is 3. The van der Waals surface area contributed by atoms with Crippen LogP contribution >= 0.6 is 23.2 Å². The molecule has 10 heteroatoms. The molecule has 3 heterocycles. The normalized spacial score (nSPS) is 25.4. The van der Waals surface area contributed by atoms with Gasteiger partial charge in [-0.25, -0.2) is 9.18 Å². The van der Waals surface area contributed by atoms with Gasteiger partial charge in [0, 0.05) is 41.3 Å². The zero-order chi connectivity index (χ0) is 27.5. The smallest absolute Gasteiger partial charge is 0.337 e. The average molecular weight is 568 g/mol. The van der Waals surface area contributed by atoms with Crippen molar-refractivity contribution in [2.75, 3.05) is 19.0 Å². The molecule has 200 valence electrons. The number of methoxy groups -OCH3 is 1. The Labute approximate surface area is 234 Å². The van der Waals surface area contributed by atoms with E-state index in [1.165, 1.54) is 13.2 Å². The summed E-state index contributed by atoms with van der Waals surface area (Å²) in [5, 5.41) is 6.74. The first-order chi connectivity index (χ1) is 18.7. The molecule has 0 bridgehead atoms. The Hall–Kier alpha value is -3.46. The van der Waals surface area contributed by atoms with E-state index in [4.69, 9.17) is 27.9 Å². The second-order valence-corrected chi connectivity index (χ2v) is 10.9. The van der Waals surface area contributed by atoms with Gasteiger partial charge in [0.1, 0.15) is 11.4 Å². The Morgan fingerprint density at radius 1 is 1.13 bits per heavy atom. The minimum atomic E-state index is -1.38. The van der Waals surface area contributed by atoms with E-state index in [-0.39, 0.29) is 28.4 Å². The van der Waals surface area contributed by atoms with Crippen LogP contribution in [0, 0.1) is 11.7 Å². The predicted octanol–water partition coefficient (Wildman–Crippen LogP) is 4.87. The molecule has 0 unspecified atom stereocenters. The average Bonchev–Trinajstić information content (AvgIpc) is 3.41. The number of ether oxygens (including phenoxy) is 1. The van der Waals surface area contributed by atoms with E-state index >= 15 is 4.39 Å². The molecule has 3 aromatic rings. The third kappa shape index (κ3) is 4.01. The summed E-state index contributed by atoms with van der Waals surface area (Å²) in [5.41, 5.74) is 1.22. The summed E-state index contributed by atoms with van der Waals surface area (Å²) in [6, 6.07) is 16.3. The van der Waals surface area contributed by atoms with Gasteiger partial charge in [-0.15, -0.1) is 0 Å². The first-order valence-electron chi connectivity index (χ1n) is 12.5. The molecule has 0 saturated carbocycles. The maximum absolute atomic E-state index is 15.6. The first kappa shape index (κ1) is 25.8. The highest BCUT2D eigenvalue weighted by Gasteiger charge is 2.65. The molecule has 3 aromatic carbocycles. The number of fused-ring (bicyclic) bond motifs is 3. The van der Waals surface area contributed by atoms with Crippen molar-refractivity contribution in [3.8, 4) is 0 Å². The second kappa shape index (κ2) is 9.62. The molecule has 3 aliphatic heterocycles. The van der Waals surface area contributed by atoms with Crippen LogP contribution < -0.4 is 10.6 Å². The highest BCUT2D eigenvalue weighted by atomic mass is 35.5. The van der Waals surface area contributed by atoms with E-state index in [2.05, 4.69) is 10.6 Å². The van der Waals surface area contributed by atoms with Gasteiger partial charge in [0.05, 0.1) is 23.6 Å². The van der Waals surface area contributed by atoms with Gasteiger partial charge in [-0.2, -0.15) is 0 Å². The van der Waals surface area contributed by atoms with Crippen LogP contribution in [0.3, 0.4) is 0 Å². The number of benzene rings is 3. The molecule has 0 radical (unpaired) electrons. The maximum atomic E-state index is 15.6. The third-order valence-electron chi connectivity index (χ3n) is 8.06. The van der Waals surface area contributed by atoms with Crippen molar-refractivity contribution in [1.29, 1.82) is 0 Å². The molecule has 3 aliphatic rings. The second-order valence-electron chi connectivity index (χ2n) is 10.1. The van der Waals surface area contributed by atoms with Crippen molar-refractivity contribution in [3.05, 3.63) is 98.8 Å². The van der Waals surface area contributed by atoms with Gasteiger partial charge in [0.2, 0.25) is 11.8 Å². The summed E-state index contributed by atoms with van der Waals surface area (Å²) < 4.78 is 20.4. The van der Waals surface area contributed by atoms with Crippen molar-refractivity contribution < 1.29 is 23.5 Å². The van der Waals surface area contributed by atoms with Gasteiger partial charge < -0.3 is 15.0 Å². The topological polar surface area (TPSA) is 87.7 Å². The number of nitrogens with zero attached hydrogens (tertiary/aromatic N) is 1. The van der Waals surface area contributed by atoms with E-state index in [9.17, 15) is 14.4 Å². The Balaban J connectivity index is 1.41. The van der Waals surface area contributed by atoms with E-state index in [1.807, 2.05) is 0 Å². The van der Waals surface area contributed by atoms with Gasteiger partial charge >= 0.3 is 5.97 Å². The molecule has 39 heavy (non-hydrogen) atoms. The highest BCUT2D eigenvalue weighted by Crippen LogP contribution is 2.56. The minimum absolute atomic E-state index is 0.0772. The van der Waals surface area contributed by atoms with Crippen LogP contribution in [0.4, 0.5) is 10.1 Å². The van der Waals surface area contributed by atoms with Crippen molar-refractivity contribution in [2.24, 2.45) is 5.92 Å². The van der Waals surface area contributed by atoms with Crippen LogP contribution in [0.1, 0.15) is 39.4 Å². The number of anilines is 1. The van der Waals surface area contributed by atoms with Crippen LogP contribution in [-0.4, -0.2) is 42.4 Å². The lowest BCUT2D eigenvalue weighted by molar-refractivity contribution is -0.140. The summed E-state index contributed by atoms with van der Waals surface area (Å²) in [5.74, 6) is -3.23. The number of halogens is 3. The molecule has 2 N–H and O–H groups in total. The fraction of sp³-hybridized carbons (Fsp3) is 0.276. The predicted molar refractivity (Wildman–Crippen MR) is 144 cm³/mol. The lowest BCUT2D eigenvalue weighted by Gasteiger charge is -2.37. The van der Waals surface area contributed by atoms with Crippen LogP contribution in [0.15, 0.2) is 60.7 Å². The molecule has 4 atom stereocenters. The molecule has 0 aliphatic carbocycles. The Bertz CT molecular complexity index is 1510. The van der Waals surface area contributed by atoms with E-state index in [0.717, 1.165) is 5.56 Å². The molecular formula is C29H24Cl2FN3O4. The molecule has 2 saturated heterocycles. The fourth-order valence-corrected chi connectivity index (χ4v) is 6.70. The molecule has 6 rings (SSSR count). The van der Waals surface area contributed by atoms with E-state index < -0.39 is 29.2 Å². The summed E-state index contributed by atoms with van der Waals surface area (Å²) in [7, 11) is 1.32. The van der Waals surface area contributed by atoms with Crippen LogP contribution in [-0.2, 0) is 26.4 Å². The SMILES string of the molecule is COC(=O)c1ccc(CN2CC[C@H]3N[C@@]4(C(=O)Nc5cc(Cl)ccc54)[C@H](c4cccc(Cl)c4F)[C@H]3C2=O)cc1. The fourth-order valence-electron chi connectivity index (χ4n) is 6.34. The molecule has 7 nitrogen and oxygen atoms in total. The highest BCUT2D eigenvalue weighted by molar-refractivity contribution is 6.31. The largest absolute Gasteiger partial charge is 0.465 e. The number of hydrogen-bond acceptors (Lipinski definition) is 5. The minimum Gasteiger partial charge on any atom is -0.465 e. The van der Waals surface area contributed by atoms with Crippen molar-refractivity contribution in [3.63, 3.8) is 0 Å². The third-order valence-corrected chi connectivity index (χ3v) is 8.58. The molecule has 1 spiro atoms. The van der Waals surface area contributed by atoms with Crippen LogP contribution in [0.2, 0.25) is 10.0 Å². The quantitative estimate of drug-likeness (QED) is 0.439. The van der Waals surface area contributed by atoms with Gasteiger partial charge in [0.25, 0.3) is 0 Å². The molecule has 0 aromatic heterocycles. The Morgan fingerprint density at radius 2 is 1.90 bits per heavy atom. The van der Waals surface area contributed by atoms with Gasteiger partial charge in [-0.1, -0.05) is 53.5 Å². The van der Waals surface area contributed by atoms with E-state index in [0.29, 0.717) is 41.3 Å². The number of nitrogens with one attached hydrogen (secondary N) is 2.